The fourth-order valence-electron chi connectivity index (χ4n) is 4.99. The Hall–Kier alpha value is -3.24. The molecule has 0 unspecified atom stereocenters. The maximum absolute atomic E-state index is 13.2. The highest BCUT2D eigenvalue weighted by atomic mass is 16.7. The summed E-state index contributed by atoms with van der Waals surface area (Å²) in [7, 11) is 0. The van der Waals surface area contributed by atoms with Crippen molar-refractivity contribution >= 4 is 11.9 Å². The second kappa shape index (κ2) is 12.1. The number of carbonyl (C=O) groups is 2. The third-order valence-corrected chi connectivity index (χ3v) is 6.64. The van der Waals surface area contributed by atoms with Crippen LogP contribution >= 0.6 is 0 Å². The molecule has 1 amide bonds. The van der Waals surface area contributed by atoms with Gasteiger partial charge in [-0.05, 0) is 43.0 Å². The number of aromatic nitrogens is 2. The Balaban J connectivity index is 1.59. The van der Waals surface area contributed by atoms with E-state index < -0.39 is 11.9 Å². The van der Waals surface area contributed by atoms with E-state index >= 15 is 0 Å². The van der Waals surface area contributed by atoms with E-state index in [2.05, 4.69) is 9.97 Å². The largest absolute Gasteiger partial charge is 0.481 e. The molecule has 10 nitrogen and oxygen atoms in total. The molecule has 1 saturated heterocycles. The van der Waals surface area contributed by atoms with Crippen LogP contribution in [0.1, 0.15) is 50.4 Å². The number of likely N-dealkylation sites (tertiary alicyclic amines) is 1. The molecule has 0 radical (unpaired) electrons. The van der Waals surface area contributed by atoms with Gasteiger partial charge < -0.3 is 14.6 Å². The summed E-state index contributed by atoms with van der Waals surface area (Å²) in [5, 5.41) is 11.8. The number of fused-ring (bicyclic) bond motifs is 1. The maximum Gasteiger partial charge on any atom is 0.308 e. The van der Waals surface area contributed by atoms with Crippen LogP contribution in [0.15, 0.2) is 36.7 Å². The number of hydrogen-bond acceptors (Lipinski definition) is 8. The third kappa shape index (κ3) is 5.93. The Kier molecular flexibility index (Phi) is 8.71. The van der Waals surface area contributed by atoms with Gasteiger partial charge in [0.2, 0.25) is 6.79 Å². The molecule has 2 aliphatic rings. The quantitative estimate of drug-likeness (QED) is 0.441. The first-order chi connectivity index (χ1) is 17.5. The van der Waals surface area contributed by atoms with Crippen LogP contribution in [0, 0.1) is 5.92 Å². The lowest BCUT2D eigenvalue weighted by molar-refractivity contribution is -0.188. The molecular formula is C26H34N4O6. The molecule has 4 rings (SSSR count). The molecule has 2 aromatic rings. The van der Waals surface area contributed by atoms with Crippen molar-refractivity contribution in [2.45, 2.75) is 51.5 Å². The van der Waals surface area contributed by atoms with Crippen molar-refractivity contribution in [2.24, 2.45) is 5.92 Å². The van der Waals surface area contributed by atoms with Gasteiger partial charge in [-0.1, -0.05) is 19.9 Å². The van der Waals surface area contributed by atoms with Crippen molar-refractivity contribution < 1.29 is 29.0 Å². The zero-order valence-electron chi connectivity index (χ0n) is 20.8. The Morgan fingerprint density at radius 2 is 1.94 bits per heavy atom. The van der Waals surface area contributed by atoms with Crippen LogP contribution in [0.3, 0.4) is 0 Å². The second-order valence-corrected chi connectivity index (χ2v) is 9.11. The van der Waals surface area contributed by atoms with Crippen LogP contribution in [0.4, 0.5) is 0 Å². The van der Waals surface area contributed by atoms with Gasteiger partial charge in [-0.25, -0.2) is 15.0 Å². The number of carboxylic acid groups (broad SMARTS) is 1. The molecule has 0 aliphatic carbocycles. The number of aryl methyl sites for hydroxylation is 1. The van der Waals surface area contributed by atoms with Crippen LogP contribution in [0.5, 0.6) is 11.5 Å². The fourth-order valence-corrected chi connectivity index (χ4v) is 4.99. The van der Waals surface area contributed by atoms with Gasteiger partial charge >= 0.3 is 5.97 Å². The lowest BCUT2D eigenvalue weighted by Gasteiger charge is -2.29. The summed E-state index contributed by atoms with van der Waals surface area (Å²) in [4.78, 5) is 42.1. The van der Waals surface area contributed by atoms with Crippen molar-refractivity contribution in [1.82, 2.24) is 19.9 Å². The van der Waals surface area contributed by atoms with Gasteiger partial charge in [-0.15, -0.1) is 0 Å². The van der Waals surface area contributed by atoms with Crippen LogP contribution in [-0.2, 0) is 20.8 Å². The highest BCUT2D eigenvalue weighted by Gasteiger charge is 2.47. The number of rotatable bonds is 12. The molecular weight excluding hydrogens is 464 g/mol. The zero-order chi connectivity index (χ0) is 25.5. The van der Waals surface area contributed by atoms with E-state index in [4.69, 9.17) is 14.3 Å². The number of ether oxygens (including phenoxy) is 2. The van der Waals surface area contributed by atoms with Crippen molar-refractivity contribution in [3.05, 3.63) is 48.0 Å². The molecule has 1 N–H and O–H groups in total. The lowest BCUT2D eigenvalue weighted by Crippen LogP contribution is -2.44. The molecule has 2 aliphatic heterocycles. The Morgan fingerprint density at radius 1 is 1.17 bits per heavy atom. The summed E-state index contributed by atoms with van der Waals surface area (Å²) < 4.78 is 11.0. The van der Waals surface area contributed by atoms with Gasteiger partial charge in [-0.3, -0.25) is 19.3 Å². The molecule has 1 fully saturated rings. The number of amides is 1. The van der Waals surface area contributed by atoms with Gasteiger partial charge in [0.15, 0.2) is 11.5 Å². The average Bonchev–Trinajstić information content (AvgIpc) is 3.50. The summed E-state index contributed by atoms with van der Waals surface area (Å²) >= 11 is 0. The molecule has 0 bridgehead atoms. The number of carboxylic acids is 1. The SMILES string of the molecule is CCCON(CCC)C(=O)CN1C[C@H](c2ccc3c(c2)OCO3)[C@@H](C(=O)O)[C@@H]1CCc1ncccn1. The van der Waals surface area contributed by atoms with E-state index in [-0.39, 0.29) is 31.2 Å². The van der Waals surface area contributed by atoms with E-state index in [9.17, 15) is 14.7 Å². The topological polar surface area (TPSA) is 114 Å². The monoisotopic (exact) mass is 498 g/mol. The molecule has 194 valence electrons. The second-order valence-electron chi connectivity index (χ2n) is 9.11. The summed E-state index contributed by atoms with van der Waals surface area (Å²) in [6.45, 7) is 5.58. The van der Waals surface area contributed by atoms with Crippen LogP contribution < -0.4 is 9.47 Å². The predicted molar refractivity (Wildman–Crippen MR) is 130 cm³/mol. The molecule has 3 heterocycles. The number of hydroxylamine groups is 2. The van der Waals surface area contributed by atoms with Crippen molar-refractivity contribution in [1.29, 1.82) is 0 Å². The number of hydrogen-bond donors (Lipinski definition) is 1. The molecule has 0 saturated carbocycles. The highest BCUT2D eigenvalue weighted by Crippen LogP contribution is 2.42. The minimum atomic E-state index is -0.890. The first-order valence-electron chi connectivity index (χ1n) is 12.6. The smallest absolute Gasteiger partial charge is 0.308 e. The predicted octanol–water partition coefficient (Wildman–Crippen LogP) is 2.89. The van der Waals surface area contributed by atoms with Crippen molar-refractivity contribution in [2.75, 3.05) is 33.0 Å². The molecule has 3 atom stereocenters. The van der Waals surface area contributed by atoms with Gasteiger partial charge in [0, 0.05) is 43.9 Å². The van der Waals surface area contributed by atoms with E-state index in [1.54, 1.807) is 18.5 Å². The van der Waals surface area contributed by atoms with E-state index in [0.717, 1.165) is 18.4 Å². The molecule has 0 spiro atoms. The standard InChI is InChI=1S/C26H34N4O6/c1-3-12-30(36-13-4-2)24(31)16-29-15-19(18-6-8-21-22(14-18)35-17-34-21)25(26(32)33)20(29)7-9-23-27-10-5-11-28-23/h5-6,8,10-11,14,19-20,25H,3-4,7,9,12-13,15-17H2,1-2H3,(H,32,33)/t19-,20+,25-/m1/s1. The first kappa shape index (κ1) is 25.8. The van der Waals surface area contributed by atoms with Gasteiger partial charge in [0.25, 0.3) is 5.91 Å². The Morgan fingerprint density at radius 3 is 2.67 bits per heavy atom. The molecule has 10 heteroatoms. The van der Waals surface area contributed by atoms with Crippen LogP contribution in [0.2, 0.25) is 0 Å². The van der Waals surface area contributed by atoms with Crippen molar-refractivity contribution in [3.63, 3.8) is 0 Å². The zero-order valence-corrected chi connectivity index (χ0v) is 20.8. The molecule has 36 heavy (non-hydrogen) atoms. The fraction of sp³-hybridized carbons (Fsp3) is 0.538. The third-order valence-electron chi connectivity index (χ3n) is 6.64. The van der Waals surface area contributed by atoms with E-state index in [0.29, 0.717) is 49.9 Å². The van der Waals surface area contributed by atoms with Gasteiger partial charge in [0.05, 0.1) is 19.1 Å². The Bertz CT molecular complexity index is 1040. The van der Waals surface area contributed by atoms with Crippen molar-refractivity contribution in [3.8, 4) is 11.5 Å². The first-order valence-corrected chi connectivity index (χ1v) is 12.6. The van der Waals surface area contributed by atoms with Gasteiger partial charge in [-0.2, -0.15) is 0 Å². The van der Waals surface area contributed by atoms with Crippen LogP contribution in [0.25, 0.3) is 0 Å². The van der Waals surface area contributed by atoms with Gasteiger partial charge in [0.1, 0.15) is 5.82 Å². The lowest BCUT2D eigenvalue weighted by atomic mass is 9.83. The van der Waals surface area contributed by atoms with E-state index in [1.807, 2.05) is 36.9 Å². The number of nitrogens with zero attached hydrogens (tertiary/aromatic N) is 4. The number of benzene rings is 1. The molecule has 1 aromatic carbocycles. The number of carbonyl (C=O) groups excluding carboxylic acids is 1. The minimum Gasteiger partial charge on any atom is -0.481 e. The van der Waals surface area contributed by atoms with Crippen LogP contribution in [-0.4, -0.2) is 76.0 Å². The van der Waals surface area contributed by atoms with E-state index in [1.165, 1.54) is 5.06 Å². The Labute approximate surface area is 211 Å². The normalized spacial score (nSPS) is 21.0. The number of aliphatic carboxylic acids is 1. The average molecular weight is 499 g/mol. The summed E-state index contributed by atoms with van der Waals surface area (Å²) in [6.07, 6.45) is 5.94. The molecule has 1 aromatic heterocycles. The summed E-state index contributed by atoms with van der Waals surface area (Å²) in [5.74, 6) is -0.167. The maximum atomic E-state index is 13.2. The minimum absolute atomic E-state index is 0.0782. The summed E-state index contributed by atoms with van der Waals surface area (Å²) in [5.41, 5.74) is 0.857. The summed E-state index contributed by atoms with van der Waals surface area (Å²) in [6, 6.07) is 6.95. The highest BCUT2D eigenvalue weighted by molar-refractivity contribution is 5.78.